The van der Waals surface area contributed by atoms with Gasteiger partial charge in [0.25, 0.3) is 5.91 Å². The zero-order chi connectivity index (χ0) is 17.1. The van der Waals surface area contributed by atoms with Crippen molar-refractivity contribution in [3.8, 4) is 0 Å². The second-order valence-electron chi connectivity index (χ2n) is 6.75. The summed E-state index contributed by atoms with van der Waals surface area (Å²) < 4.78 is 0. The lowest BCUT2D eigenvalue weighted by Gasteiger charge is -2.36. The van der Waals surface area contributed by atoms with E-state index in [9.17, 15) is 14.7 Å². The highest BCUT2D eigenvalue weighted by Crippen LogP contribution is 2.51. The molecule has 2 aromatic rings. The van der Waals surface area contributed by atoms with Crippen LogP contribution in [0.4, 0.5) is 5.69 Å². The van der Waals surface area contributed by atoms with Crippen LogP contribution in [0, 0.1) is 0 Å². The Morgan fingerprint density at radius 2 is 1.54 bits per heavy atom. The van der Waals surface area contributed by atoms with Crippen LogP contribution in [0.15, 0.2) is 66.4 Å². The van der Waals surface area contributed by atoms with Crippen LogP contribution in [-0.4, -0.2) is 16.8 Å². The number of carbonyl (C=O) groups is 2. The third-order valence-electron chi connectivity index (χ3n) is 5.03. The molecule has 0 aromatic heterocycles. The minimum atomic E-state index is -2.18. The summed E-state index contributed by atoms with van der Waals surface area (Å²) in [5, 5.41) is 11.0. The fourth-order valence-electron chi connectivity index (χ4n) is 3.65. The number of nitrogens with zero attached hydrogens (tertiary/aromatic N) is 1. The fraction of sp³-hybridized carbons (Fsp3) is 0.200. The van der Waals surface area contributed by atoms with Crippen LogP contribution in [0.5, 0.6) is 0 Å². The SMILES string of the molecule is CC1(C)C2=CC(=O)C(O)(c3ccccc3)C(=O)N2c2ccccc21. The summed E-state index contributed by atoms with van der Waals surface area (Å²) in [6.45, 7) is 3.95. The number of fused-ring (bicyclic) bond motifs is 3. The minimum Gasteiger partial charge on any atom is -0.369 e. The first-order valence-electron chi connectivity index (χ1n) is 7.87. The van der Waals surface area contributed by atoms with Gasteiger partial charge in [-0.25, -0.2) is 0 Å². The van der Waals surface area contributed by atoms with E-state index in [1.54, 1.807) is 30.3 Å². The molecule has 24 heavy (non-hydrogen) atoms. The van der Waals surface area contributed by atoms with Gasteiger partial charge in [0.05, 0.1) is 5.69 Å². The summed E-state index contributed by atoms with van der Waals surface area (Å²) in [5.41, 5.74) is -0.0646. The summed E-state index contributed by atoms with van der Waals surface area (Å²) in [5.74, 6) is -1.21. The van der Waals surface area contributed by atoms with Crippen molar-refractivity contribution in [3.63, 3.8) is 0 Å². The maximum atomic E-state index is 13.2. The first-order valence-corrected chi connectivity index (χ1v) is 7.87. The van der Waals surface area contributed by atoms with Gasteiger partial charge in [-0.15, -0.1) is 0 Å². The van der Waals surface area contributed by atoms with E-state index in [0.29, 0.717) is 5.70 Å². The summed E-state index contributed by atoms with van der Waals surface area (Å²) >= 11 is 0. The number of hydrogen-bond donors (Lipinski definition) is 1. The van der Waals surface area contributed by atoms with Gasteiger partial charge in [0.15, 0.2) is 0 Å². The maximum absolute atomic E-state index is 13.2. The first-order chi connectivity index (χ1) is 11.4. The van der Waals surface area contributed by atoms with Gasteiger partial charge in [-0.1, -0.05) is 62.4 Å². The van der Waals surface area contributed by atoms with E-state index in [4.69, 9.17) is 0 Å². The predicted molar refractivity (Wildman–Crippen MR) is 90.4 cm³/mol. The first kappa shape index (κ1) is 14.8. The van der Waals surface area contributed by atoms with E-state index in [2.05, 4.69) is 0 Å². The van der Waals surface area contributed by atoms with Gasteiger partial charge >= 0.3 is 0 Å². The number of anilines is 1. The topological polar surface area (TPSA) is 57.6 Å². The second-order valence-corrected chi connectivity index (χ2v) is 6.75. The smallest absolute Gasteiger partial charge is 0.276 e. The number of amides is 1. The van der Waals surface area contributed by atoms with E-state index in [1.807, 2.05) is 38.1 Å². The molecule has 0 radical (unpaired) electrons. The molecule has 4 rings (SSSR count). The van der Waals surface area contributed by atoms with E-state index in [0.717, 1.165) is 11.3 Å². The van der Waals surface area contributed by atoms with E-state index in [-0.39, 0.29) is 5.56 Å². The molecule has 120 valence electrons. The Kier molecular flexibility index (Phi) is 2.87. The molecule has 0 aliphatic carbocycles. The van der Waals surface area contributed by atoms with Gasteiger partial charge in [-0.05, 0) is 11.6 Å². The van der Waals surface area contributed by atoms with Crippen LogP contribution in [0.25, 0.3) is 0 Å². The Labute approximate surface area is 140 Å². The van der Waals surface area contributed by atoms with Gasteiger partial charge in [0.1, 0.15) is 0 Å². The Balaban J connectivity index is 1.97. The molecular weight excluding hydrogens is 302 g/mol. The van der Waals surface area contributed by atoms with Crippen molar-refractivity contribution in [3.05, 3.63) is 77.5 Å². The van der Waals surface area contributed by atoms with E-state index < -0.39 is 22.7 Å². The van der Waals surface area contributed by atoms with Crippen molar-refractivity contribution in [2.45, 2.75) is 24.9 Å². The number of allylic oxidation sites excluding steroid dienone is 1. The van der Waals surface area contributed by atoms with Crippen molar-refractivity contribution in [2.75, 3.05) is 4.90 Å². The van der Waals surface area contributed by atoms with E-state index in [1.165, 1.54) is 11.0 Å². The number of carbonyl (C=O) groups excluding carboxylic acids is 2. The molecule has 1 N–H and O–H groups in total. The molecule has 4 heteroatoms. The van der Waals surface area contributed by atoms with Crippen molar-refractivity contribution in [1.29, 1.82) is 0 Å². The van der Waals surface area contributed by atoms with E-state index >= 15 is 0 Å². The zero-order valence-corrected chi connectivity index (χ0v) is 13.5. The highest BCUT2D eigenvalue weighted by atomic mass is 16.3. The Morgan fingerprint density at radius 3 is 2.25 bits per heavy atom. The van der Waals surface area contributed by atoms with Crippen molar-refractivity contribution in [1.82, 2.24) is 0 Å². The predicted octanol–water partition coefficient (Wildman–Crippen LogP) is 2.67. The molecule has 1 atom stereocenters. The van der Waals surface area contributed by atoms with Gasteiger partial charge in [0, 0.05) is 22.8 Å². The zero-order valence-electron chi connectivity index (χ0n) is 13.5. The third-order valence-corrected chi connectivity index (χ3v) is 5.03. The number of aliphatic hydroxyl groups is 1. The summed E-state index contributed by atoms with van der Waals surface area (Å²) in [6, 6.07) is 15.9. The number of rotatable bonds is 1. The molecule has 0 bridgehead atoms. The largest absolute Gasteiger partial charge is 0.369 e. The Bertz CT molecular complexity index is 898. The Morgan fingerprint density at radius 1 is 0.917 bits per heavy atom. The highest BCUT2D eigenvalue weighted by molar-refractivity contribution is 6.24. The highest BCUT2D eigenvalue weighted by Gasteiger charge is 2.56. The molecular formula is C20H17NO3. The van der Waals surface area contributed by atoms with Gasteiger partial charge in [-0.3, -0.25) is 14.5 Å². The molecule has 0 saturated heterocycles. The fourth-order valence-corrected chi connectivity index (χ4v) is 3.65. The van der Waals surface area contributed by atoms with Crippen LogP contribution < -0.4 is 4.90 Å². The average molecular weight is 319 g/mol. The molecule has 2 aliphatic heterocycles. The van der Waals surface area contributed by atoms with Crippen LogP contribution in [0.2, 0.25) is 0 Å². The molecule has 1 unspecified atom stereocenters. The van der Waals surface area contributed by atoms with Gasteiger partial charge in [-0.2, -0.15) is 0 Å². The number of para-hydroxylation sites is 1. The lowest BCUT2D eigenvalue weighted by Crippen LogP contribution is -2.55. The Hall–Kier alpha value is -2.72. The normalized spacial score (nSPS) is 24.5. The molecule has 2 heterocycles. The molecule has 4 nitrogen and oxygen atoms in total. The molecule has 2 aliphatic rings. The van der Waals surface area contributed by atoms with Gasteiger partial charge < -0.3 is 5.11 Å². The summed E-state index contributed by atoms with van der Waals surface area (Å²) in [4.78, 5) is 27.4. The number of hydrogen-bond acceptors (Lipinski definition) is 3. The van der Waals surface area contributed by atoms with Crippen LogP contribution in [0.3, 0.4) is 0 Å². The lowest BCUT2D eigenvalue weighted by molar-refractivity contribution is -0.149. The lowest BCUT2D eigenvalue weighted by atomic mass is 9.79. The number of ketones is 1. The molecule has 0 spiro atoms. The quantitative estimate of drug-likeness (QED) is 0.822. The minimum absolute atomic E-state index is 0.289. The van der Waals surface area contributed by atoms with Crippen molar-refractivity contribution < 1.29 is 14.7 Å². The van der Waals surface area contributed by atoms with Crippen LogP contribution in [0.1, 0.15) is 25.0 Å². The summed E-state index contributed by atoms with van der Waals surface area (Å²) in [7, 11) is 0. The third kappa shape index (κ3) is 1.66. The molecule has 2 aromatic carbocycles. The van der Waals surface area contributed by atoms with Crippen molar-refractivity contribution in [2.24, 2.45) is 0 Å². The monoisotopic (exact) mass is 319 g/mol. The standard InChI is InChI=1S/C20H17NO3/c1-19(2)14-10-6-7-11-15(14)21-16(19)12-17(22)20(24,18(21)23)13-8-4-3-5-9-13/h3-12,24H,1-2H3. The van der Waals surface area contributed by atoms with Crippen LogP contribution in [-0.2, 0) is 20.6 Å². The maximum Gasteiger partial charge on any atom is 0.276 e. The number of benzene rings is 2. The van der Waals surface area contributed by atoms with Gasteiger partial charge in [0.2, 0.25) is 11.4 Å². The molecule has 0 fully saturated rings. The van der Waals surface area contributed by atoms with Crippen molar-refractivity contribution >= 4 is 17.4 Å². The summed E-state index contributed by atoms with van der Waals surface area (Å²) in [6.07, 6.45) is 1.41. The second kappa shape index (κ2) is 4.65. The molecule has 1 amide bonds. The average Bonchev–Trinajstić information content (AvgIpc) is 2.81. The van der Waals surface area contributed by atoms with Crippen LogP contribution >= 0.6 is 0 Å². The molecule has 0 saturated carbocycles.